The number of anilines is 1. The van der Waals surface area contributed by atoms with Gasteiger partial charge in [-0.15, -0.1) is 23.1 Å². The molecule has 0 unspecified atom stereocenters. The van der Waals surface area contributed by atoms with Gasteiger partial charge in [0.2, 0.25) is 5.91 Å². The average Bonchev–Trinajstić information content (AvgIpc) is 3.60. The van der Waals surface area contributed by atoms with Crippen molar-refractivity contribution in [2.45, 2.75) is 96.1 Å². The van der Waals surface area contributed by atoms with Crippen molar-refractivity contribution in [3.63, 3.8) is 0 Å². The number of non-ortho nitro benzene ring substituents is 1. The van der Waals surface area contributed by atoms with Gasteiger partial charge in [-0.25, -0.2) is 9.78 Å². The van der Waals surface area contributed by atoms with E-state index in [-0.39, 0.29) is 58.1 Å². The van der Waals surface area contributed by atoms with E-state index >= 15 is 0 Å². The SMILES string of the molecule is CC[C@@H](CO[Si](C)(C)C(C)(C)C)NC(=O)c1csc(N2CC(SC3=C(C(=O)OCc4ccc([N+](=O)[O-])cc4)N4C(=O)[C@H]([C@@H](C)O)[C@H]4[C@H]3C)C2)n1. The quantitative estimate of drug-likeness (QED) is 0.0846. The van der Waals surface area contributed by atoms with E-state index in [1.165, 1.54) is 52.3 Å². The van der Waals surface area contributed by atoms with Gasteiger partial charge in [-0.05, 0) is 49.2 Å². The number of nitro benzene ring substituents is 1. The third-order valence-electron chi connectivity index (χ3n) is 10.2. The van der Waals surface area contributed by atoms with Gasteiger partial charge in [0.05, 0.1) is 35.6 Å². The van der Waals surface area contributed by atoms with Crippen LogP contribution >= 0.6 is 23.1 Å². The minimum absolute atomic E-state index is 0.0659. The number of rotatable bonds is 14. The average molecular weight is 746 g/mol. The molecule has 2 N–H and O–H groups in total. The summed E-state index contributed by atoms with van der Waals surface area (Å²) in [7, 11) is -1.95. The fourth-order valence-electron chi connectivity index (χ4n) is 6.01. The smallest absolute Gasteiger partial charge is 0.356 e. The number of nitro groups is 1. The van der Waals surface area contributed by atoms with Gasteiger partial charge >= 0.3 is 5.97 Å². The highest BCUT2D eigenvalue weighted by atomic mass is 32.2. The molecule has 1 aromatic carbocycles. The van der Waals surface area contributed by atoms with Crippen molar-refractivity contribution in [1.29, 1.82) is 0 Å². The lowest BCUT2D eigenvalue weighted by molar-refractivity contribution is -0.384. The molecule has 3 aliphatic rings. The molecule has 0 aliphatic carbocycles. The Kier molecular flexibility index (Phi) is 11.2. The molecule has 5 atom stereocenters. The fourth-order valence-corrected chi connectivity index (χ4v) is 9.40. The summed E-state index contributed by atoms with van der Waals surface area (Å²) in [5.74, 6) is -1.98. The molecule has 2 amide bonds. The Labute approximate surface area is 302 Å². The van der Waals surface area contributed by atoms with Gasteiger partial charge in [0.1, 0.15) is 18.0 Å². The monoisotopic (exact) mass is 745 g/mol. The highest BCUT2D eigenvalue weighted by Gasteiger charge is 2.60. The van der Waals surface area contributed by atoms with Crippen molar-refractivity contribution < 1.29 is 33.6 Å². The number of aliphatic hydroxyl groups is 1. The van der Waals surface area contributed by atoms with E-state index in [2.05, 4.69) is 49.1 Å². The van der Waals surface area contributed by atoms with Crippen LogP contribution in [0.4, 0.5) is 10.8 Å². The van der Waals surface area contributed by atoms with Crippen LogP contribution in [0.1, 0.15) is 64.0 Å². The Morgan fingerprint density at radius 3 is 2.48 bits per heavy atom. The third-order valence-corrected chi connectivity index (χ3v) is 17.1. The Bertz CT molecular complexity index is 1650. The topological polar surface area (TPSA) is 164 Å². The van der Waals surface area contributed by atoms with Crippen LogP contribution in [-0.4, -0.2) is 89.1 Å². The molecular weight excluding hydrogens is 699 g/mol. The van der Waals surface area contributed by atoms with E-state index < -0.39 is 31.2 Å². The standard InChI is InChI=1S/C34H47N5O8S2Si/c1-9-22(17-47-50(7,8)34(4,5)6)35-30(41)25-18-48-33(36-25)37-14-24(15-37)49-29-19(2)27-26(20(3)40)31(42)38(27)28(29)32(43)46-16-21-10-12-23(13-11-21)39(44)45/h10-13,18-20,22,24,26-27,40H,9,14-17H2,1-8H3,(H,35,41)/t19-,20-,22+,26-,27-/m1/s1. The van der Waals surface area contributed by atoms with E-state index in [0.717, 1.165) is 16.5 Å². The number of esters is 1. The maximum atomic E-state index is 13.5. The predicted octanol–water partition coefficient (Wildman–Crippen LogP) is 5.32. The van der Waals surface area contributed by atoms with Crippen LogP contribution in [0.5, 0.6) is 0 Å². The number of aliphatic hydroxyl groups excluding tert-OH is 1. The number of hydrogen-bond donors (Lipinski definition) is 2. The molecule has 2 fully saturated rings. The van der Waals surface area contributed by atoms with Crippen LogP contribution in [0.2, 0.25) is 18.1 Å². The molecule has 0 radical (unpaired) electrons. The number of fused-ring (bicyclic) bond motifs is 1. The number of aromatic nitrogens is 1. The highest BCUT2D eigenvalue weighted by molar-refractivity contribution is 8.03. The molecule has 4 heterocycles. The molecular formula is C34H47N5O8S2Si. The molecule has 0 saturated carbocycles. The maximum absolute atomic E-state index is 13.5. The van der Waals surface area contributed by atoms with Crippen molar-refractivity contribution >= 4 is 60.0 Å². The van der Waals surface area contributed by atoms with Crippen molar-refractivity contribution in [3.05, 3.63) is 61.6 Å². The zero-order valence-electron chi connectivity index (χ0n) is 29.8. The number of amides is 2. The number of carbonyl (C=O) groups excluding carboxylic acids is 3. The second kappa shape index (κ2) is 14.7. The lowest BCUT2D eigenvalue weighted by atomic mass is 9.79. The van der Waals surface area contributed by atoms with Crippen LogP contribution < -0.4 is 10.2 Å². The zero-order valence-corrected chi connectivity index (χ0v) is 32.4. The van der Waals surface area contributed by atoms with E-state index in [1.54, 1.807) is 12.3 Å². The number of β-lactam (4-membered cyclic amide) rings is 1. The zero-order chi connectivity index (χ0) is 36.7. The summed E-state index contributed by atoms with van der Waals surface area (Å²) in [6.07, 6.45) is -0.119. The summed E-state index contributed by atoms with van der Waals surface area (Å²) in [5, 5.41) is 27.1. The first kappa shape index (κ1) is 37.9. The minimum atomic E-state index is -1.95. The van der Waals surface area contributed by atoms with Crippen LogP contribution in [0, 0.1) is 22.0 Å². The highest BCUT2D eigenvalue weighted by Crippen LogP contribution is 2.52. The summed E-state index contributed by atoms with van der Waals surface area (Å²) >= 11 is 2.94. The normalized spacial score (nSPS) is 22.1. The van der Waals surface area contributed by atoms with Crippen molar-refractivity contribution in [2.24, 2.45) is 11.8 Å². The molecule has 272 valence electrons. The molecule has 5 rings (SSSR count). The Hall–Kier alpha value is -3.31. The van der Waals surface area contributed by atoms with Gasteiger partial charge in [0.25, 0.3) is 11.6 Å². The summed E-state index contributed by atoms with van der Waals surface area (Å²) in [4.78, 5) is 59.2. The molecule has 1 aromatic heterocycles. The van der Waals surface area contributed by atoms with E-state index in [9.17, 15) is 29.6 Å². The first-order valence-corrected chi connectivity index (χ1v) is 21.6. The maximum Gasteiger partial charge on any atom is 0.356 e. The van der Waals surface area contributed by atoms with Crippen molar-refractivity contribution in [2.75, 3.05) is 24.6 Å². The van der Waals surface area contributed by atoms with Gasteiger partial charge < -0.3 is 29.4 Å². The van der Waals surface area contributed by atoms with Gasteiger partial charge in [-0.1, -0.05) is 34.6 Å². The number of thioether (sulfide) groups is 1. The molecule has 16 heteroatoms. The number of carbonyl (C=O) groups is 3. The molecule has 0 bridgehead atoms. The second-order valence-corrected chi connectivity index (χ2v) is 21.8. The number of nitrogens with one attached hydrogen (secondary N) is 1. The molecule has 13 nitrogen and oxygen atoms in total. The predicted molar refractivity (Wildman–Crippen MR) is 195 cm³/mol. The first-order chi connectivity index (χ1) is 23.4. The van der Waals surface area contributed by atoms with Crippen LogP contribution in [-0.2, 0) is 25.4 Å². The summed E-state index contributed by atoms with van der Waals surface area (Å²) < 4.78 is 12.0. The molecule has 50 heavy (non-hydrogen) atoms. The van der Waals surface area contributed by atoms with Gasteiger partial charge in [0, 0.05) is 46.7 Å². The summed E-state index contributed by atoms with van der Waals surface area (Å²) in [6, 6.07) is 5.28. The lowest BCUT2D eigenvalue weighted by Gasteiger charge is -2.46. The number of nitrogens with zero attached hydrogens (tertiary/aromatic N) is 4. The van der Waals surface area contributed by atoms with Gasteiger partial charge in [0.15, 0.2) is 13.4 Å². The lowest BCUT2D eigenvalue weighted by Crippen LogP contribution is -2.63. The second-order valence-electron chi connectivity index (χ2n) is 14.8. The van der Waals surface area contributed by atoms with Gasteiger partial charge in [-0.2, -0.15) is 0 Å². The van der Waals surface area contributed by atoms with Gasteiger partial charge in [-0.3, -0.25) is 19.7 Å². The largest absolute Gasteiger partial charge is 0.456 e. The fraction of sp³-hybridized carbons (Fsp3) is 0.588. The van der Waals surface area contributed by atoms with E-state index in [1.807, 2.05) is 13.8 Å². The molecule has 2 saturated heterocycles. The summed E-state index contributed by atoms with van der Waals surface area (Å²) in [6.45, 7) is 18.2. The van der Waals surface area contributed by atoms with Crippen LogP contribution in [0.3, 0.4) is 0 Å². The van der Waals surface area contributed by atoms with Crippen LogP contribution in [0.25, 0.3) is 0 Å². The number of hydrogen-bond acceptors (Lipinski definition) is 12. The third kappa shape index (κ3) is 7.64. The van der Waals surface area contributed by atoms with Crippen molar-refractivity contribution in [3.8, 4) is 0 Å². The molecule has 2 aromatic rings. The molecule has 0 spiro atoms. The first-order valence-electron chi connectivity index (χ1n) is 16.9. The summed E-state index contributed by atoms with van der Waals surface area (Å²) in [5.41, 5.74) is 1.08. The number of benzene rings is 1. The van der Waals surface area contributed by atoms with Crippen molar-refractivity contribution in [1.82, 2.24) is 15.2 Å². The number of ether oxygens (including phenoxy) is 1. The van der Waals surface area contributed by atoms with E-state index in [0.29, 0.717) is 31.0 Å². The van der Waals surface area contributed by atoms with Crippen LogP contribution in [0.15, 0.2) is 40.2 Å². The number of thiazole rings is 1. The Morgan fingerprint density at radius 2 is 1.90 bits per heavy atom. The minimum Gasteiger partial charge on any atom is -0.456 e. The van der Waals surface area contributed by atoms with E-state index in [4.69, 9.17) is 9.16 Å². The Balaban J connectivity index is 1.21. The Morgan fingerprint density at radius 1 is 1.24 bits per heavy atom. The molecule has 3 aliphatic heterocycles.